The number of nitrogens with two attached hydrogens (primary N) is 1. The predicted octanol–water partition coefficient (Wildman–Crippen LogP) is 1.59. The average Bonchev–Trinajstić information content (AvgIpc) is 3.11. The number of rotatable bonds is 4. The van der Waals surface area contributed by atoms with Crippen molar-refractivity contribution in [2.75, 3.05) is 19.4 Å². The third kappa shape index (κ3) is 3.57. The Hall–Kier alpha value is -3.42. The fourth-order valence-electron chi connectivity index (χ4n) is 2.44. The van der Waals surface area contributed by atoms with Crippen molar-refractivity contribution in [1.82, 2.24) is 20.1 Å². The van der Waals surface area contributed by atoms with Gasteiger partial charge in [0.25, 0.3) is 5.91 Å². The highest BCUT2D eigenvalue weighted by Crippen LogP contribution is 2.20. The van der Waals surface area contributed by atoms with Crippen molar-refractivity contribution >= 4 is 28.6 Å². The minimum Gasteiger partial charge on any atom is -0.370 e. The third-order valence-electron chi connectivity index (χ3n) is 3.86. The highest BCUT2D eigenvalue weighted by atomic mass is 16.1. The zero-order chi connectivity index (χ0) is 17.8. The molecule has 8 nitrogen and oxygen atoms in total. The second-order valence-corrected chi connectivity index (χ2v) is 5.58. The van der Waals surface area contributed by atoms with Crippen LogP contribution in [0.1, 0.15) is 15.9 Å². The van der Waals surface area contributed by atoms with Crippen molar-refractivity contribution in [2.45, 2.75) is 6.54 Å². The van der Waals surface area contributed by atoms with Gasteiger partial charge in [-0.3, -0.25) is 14.9 Å². The zero-order valence-electron chi connectivity index (χ0n) is 14.0. The van der Waals surface area contributed by atoms with E-state index in [4.69, 9.17) is 5.73 Å². The summed E-state index contributed by atoms with van der Waals surface area (Å²) in [5.74, 6) is 0.270. The summed E-state index contributed by atoms with van der Waals surface area (Å²) in [6, 6.07) is 9.10. The van der Waals surface area contributed by atoms with Gasteiger partial charge in [0.1, 0.15) is 0 Å². The Kier molecular flexibility index (Phi) is 4.60. The maximum absolute atomic E-state index is 12.5. The third-order valence-corrected chi connectivity index (χ3v) is 3.86. The Balaban J connectivity index is 1.72. The Labute approximate surface area is 144 Å². The quantitative estimate of drug-likeness (QED) is 0.494. The molecule has 0 radical (unpaired) electrons. The van der Waals surface area contributed by atoms with Crippen molar-refractivity contribution < 1.29 is 4.79 Å². The zero-order valence-corrected chi connectivity index (χ0v) is 14.0. The van der Waals surface area contributed by atoms with Crippen LogP contribution in [0.2, 0.25) is 0 Å². The van der Waals surface area contributed by atoms with Crippen molar-refractivity contribution in [2.24, 2.45) is 10.7 Å². The van der Waals surface area contributed by atoms with Gasteiger partial charge in [0.15, 0.2) is 11.6 Å². The number of amides is 1. The van der Waals surface area contributed by atoms with E-state index in [9.17, 15) is 4.79 Å². The molecule has 0 saturated heterocycles. The number of carbonyl (C=O) groups is 1. The number of aliphatic imine (C=N–C) groups is 1. The highest BCUT2D eigenvalue weighted by Gasteiger charge is 2.10. The van der Waals surface area contributed by atoms with Crippen LogP contribution in [0.3, 0.4) is 0 Å². The summed E-state index contributed by atoms with van der Waals surface area (Å²) >= 11 is 0. The van der Waals surface area contributed by atoms with Gasteiger partial charge in [-0.2, -0.15) is 5.10 Å². The van der Waals surface area contributed by atoms with Gasteiger partial charge in [-0.1, -0.05) is 12.1 Å². The summed E-state index contributed by atoms with van der Waals surface area (Å²) in [4.78, 5) is 22.4. The SMILES string of the molecule is CN=C(N)N(C)Cc1ccc(C(=O)Nc2ccnc3[nH]ncc23)cc1. The van der Waals surface area contributed by atoms with Gasteiger partial charge < -0.3 is 16.0 Å². The molecule has 2 heterocycles. The van der Waals surface area contributed by atoms with Crippen LogP contribution in [0.5, 0.6) is 0 Å². The molecule has 0 aliphatic rings. The normalized spacial score (nSPS) is 11.5. The topological polar surface area (TPSA) is 112 Å². The molecule has 0 fully saturated rings. The first kappa shape index (κ1) is 16.4. The summed E-state index contributed by atoms with van der Waals surface area (Å²) in [7, 11) is 3.51. The summed E-state index contributed by atoms with van der Waals surface area (Å²) < 4.78 is 0. The number of hydrogen-bond donors (Lipinski definition) is 3. The fourth-order valence-corrected chi connectivity index (χ4v) is 2.44. The number of pyridine rings is 1. The van der Waals surface area contributed by atoms with E-state index in [0.717, 1.165) is 10.9 Å². The van der Waals surface area contributed by atoms with Gasteiger partial charge in [0, 0.05) is 32.4 Å². The number of guanidine groups is 1. The number of nitrogens with one attached hydrogen (secondary N) is 2. The van der Waals surface area contributed by atoms with Crippen molar-refractivity contribution in [3.8, 4) is 0 Å². The average molecular weight is 337 g/mol. The van der Waals surface area contributed by atoms with E-state index in [0.29, 0.717) is 29.4 Å². The van der Waals surface area contributed by atoms with E-state index >= 15 is 0 Å². The molecule has 8 heteroatoms. The Morgan fingerprint density at radius 2 is 2.08 bits per heavy atom. The van der Waals surface area contributed by atoms with Gasteiger partial charge in [-0.25, -0.2) is 4.98 Å². The van der Waals surface area contributed by atoms with Crippen molar-refractivity contribution in [3.05, 3.63) is 53.9 Å². The van der Waals surface area contributed by atoms with E-state index in [-0.39, 0.29) is 5.91 Å². The summed E-state index contributed by atoms with van der Waals surface area (Å²) in [5.41, 5.74) is 8.66. The minimum atomic E-state index is -0.191. The summed E-state index contributed by atoms with van der Waals surface area (Å²) in [6.45, 7) is 0.616. The van der Waals surface area contributed by atoms with Crippen LogP contribution in [0.25, 0.3) is 11.0 Å². The van der Waals surface area contributed by atoms with Crippen molar-refractivity contribution in [1.29, 1.82) is 0 Å². The number of anilines is 1. The van der Waals surface area contributed by atoms with Gasteiger partial charge >= 0.3 is 0 Å². The van der Waals surface area contributed by atoms with Gasteiger partial charge in [0.05, 0.1) is 17.3 Å². The molecule has 3 aromatic rings. The molecule has 0 spiro atoms. The molecule has 0 saturated carbocycles. The van der Waals surface area contributed by atoms with Crippen LogP contribution >= 0.6 is 0 Å². The largest absolute Gasteiger partial charge is 0.370 e. The number of nitrogens with zero attached hydrogens (tertiary/aromatic N) is 4. The first-order valence-electron chi connectivity index (χ1n) is 7.70. The van der Waals surface area contributed by atoms with Gasteiger partial charge in [0.2, 0.25) is 0 Å². The number of H-pyrrole nitrogens is 1. The van der Waals surface area contributed by atoms with E-state index in [2.05, 4.69) is 25.5 Å². The Morgan fingerprint density at radius 3 is 2.80 bits per heavy atom. The van der Waals surface area contributed by atoms with E-state index in [1.165, 1.54) is 0 Å². The van der Waals surface area contributed by atoms with Gasteiger partial charge in [-0.05, 0) is 23.8 Å². The number of hydrogen-bond acceptors (Lipinski definition) is 4. The molecule has 0 unspecified atom stereocenters. The molecular formula is C17H19N7O. The molecule has 0 atom stereocenters. The number of aromatic amines is 1. The smallest absolute Gasteiger partial charge is 0.255 e. The number of carbonyl (C=O) groups excluding carboxylic acids is 1. The molecule has 1 amide bonds. The Morgan fingerprint density at radius 1 is 1.32 bits per heavy atom. The molecule has 0 bridgehead atoms. The lowest BCUT2D eigenvalue weighted by molar-refractivity contribution is 0.102. The van der Waals surface area contributed by atoms with Crippen molar-refractivity contribution in [3.63, 3.8) is 0 Å². The number of fused-ring (bicyclic) bond motifs is 1. The van der Waals surface area contributed by atoms with Crippen LogP contribution in [-0.4, -0.2) is 46.0 Å². The second-order valence-electron chi connectivity index (χ2n) is 5.58. The minimum absolute atomic E-state index is 0.191. The molecule has 25 heavy (non-hydrogen) atoms. The van der Waals surface area contributed by atoms with E-state index in [1.807, 2.05) is 24.1 Å². The van der Waals surface area contributed by atoms with Gasteiger partial charge in [-0.15, -0.1) is 0 Å². The fraction of sp³-hybridized carbons (Fsp3) is 0.176. The first-order chi connectivity index (χ1) is 12.1. The van der Waals surface area contributed by atoms with Crippen LogP contribution < -0.4 is 11.1 Å². The molecule has 0 aliphatic carbocycles. The van der Waals surface area contributed by atoms with Crippen LogP contribution in [0, 0.1) is 0 Å². The lowest BCUT2D eigenvalue weighted by atomic mass is 10.1. The molecular weight excluding hydrogens is 318 g/mol. The molecule has 3 rings (SSSR count). The van der Waals surface area contributed by atoms with Crippen LogP contribution in [0.4, 0.5) is 5.69 Å². The first-order valence-corrected chi connectivity index (χ1v) is 7.70. The molecule has 1 aromatic carbocycles. The lowest BCUT2D eigenvalue weighted by Gasteiger charge is -2.17. The summed E-state index contributed by atoms with van der Waals surface area (Å²) in [6.07, 6.45) is 3.26. The van der Waals surface area contributed by atoms with E-state index < -0.39 is 0 Å². The Bertz CT molecular complexity index is 914. The molecule has 2 aromatic heterocycles. The maximum Gasteiger partial charge on any atom is 0.255 e. The highest BCUT2D eigenvalue weighted by molar-refractivity contribution is 6.08. The maximum atomic E-state index is 12.5. The number of aromatic nitrogens is 3. The molecule has 0 aliphatic heterocycles. The predicted molar refractivity (Wildman–Crippen MR) is 97.3 cm³/mol. The van der Waals surface area contributed by atoms with Crippen LogP contribution in [0.15, 0.2) is 47.7 Å². The monoisotopic (exact) mass is 337 g/mol. The second kappa shape index (κ2) is 7.00. The standard InChI is InChI=1S/C17H19N7O/c1-19-17(18)24(2)10-11-3-5-12(6-4-11)16(25)22-14-7-8-20-15-13(14)9-21-23-15/h3-9H,10H2,1-2H3,(H2,18,19)(H2,20,21,22,23,25). The summed E-state index contributed by atoms with van der Waals surface area (Å²) in [5, 5.41) is 10.4. The molecule has 128 valence electrons. The lowest BCUT2D eigenvalue weighted by Crippen LogP contribution is -2.33. The number of benzene rings is 1. The van der Waals surface area contributed by atoms with Crippen LogP contribution in [-0.2, 0) is 6.54 Å². The van der Waals surface area contributed by atoms with E-state index in [1.54, 1.807) is 37.6 Å². The molecule has 4 N–H and O–H groups in total.